The maximum Gasteiger partial charge on any atom is 0.411 e. The Morgan fingerprint density at radius 1 is 1.17 bits per heavy atom. The molecule has 5 heteroatoms. The van der Waals surface area contributed by atoms with Crippen LogP contribution in [0, 0.1) is 0 Å². The molecule has 2 atom stereocenters. The number of amides is 1. The van der Waals surface area contributed by atoms with Crippen molar-refractivity contribution in [2.45, 2.75) is 45.4 Å². The summed E-state index contributed by atoms with van der Waals surface area (Å²) in [5, 5.41) is 0. The van der Waals surface area contributed by atoms with Crippen molar-refractivity contribution < 1.29 is 19.0 Å². The molecule has 0 radical (unpaired) electrons. The molecule has 0 aromatic heterocycles. The lowest BCUT2D eigenvalue weighted by Crippen LogP contribution is -2.36. The van der Waals surface area contributed by atoms with Crippen molar-refractivity contribution in [1.29, 1.82) is 0 Å². The Labute approximate surface area is 137 Å². The van der Waals surface area contributed by atoms with Gasteiger partial charge in [-0.15, -0.1) is 6.58 Å². The first-order valence-corrected chi connectivity index (χ1v) is 7.63. The zero-order chi connectivity index (χ0) is 17.4. The second kappa shape index (κ2) is 6.14. The molecule has 2 rings (SSSR count). The summed E-state index contributed by atoms with van der Waals surface area (Å²) in [5.41, 5.74) is 1.45. The van der Waals surface area contributed by atoms with Gasteiger partial charge in [0.1, 0.15) is 5.60 Å². The third-order valence-electron chi connectivity index (χ3n) is 3.90. The van der Waals surface area contributed by atoms with Crippen molar-refractivity contribution in [3.8, 4) is 11.5 Å². The molecule has 23 heavy (non-hydrogen) atoms. The molecule has 1 amide bonds. The molecule has 0 aliphatic carbocycles. The highest BCUT2D eigenvalue weighted by atomic mass is 16.6. The van der Waals surface area contributed by atoms with E-state index in [-0.39, 0.29) is 18.2 Å². The maximum absolute atomic E-state index is 12.6. The fourth-order valence-corrected chi connectivity index (χ4v) is 2.90. The second-order valence-corrected chi connectivity index (χ2v) is 6.58. The Balaban J connectivity index is 2.46. The van der Waals surface area contributed by atoms with E-state index in [1.165, 1.54) is 0 Å². The quantitative estimate of drug-likeness (QED) is 0.782. The monoisotopic (exact) mass is 319 g/mol. The number of rotatable bonds is 3. The Morgan fingerprint density at radius 2 is 1.70 bits per heavy atom. The average Bonchev–Trinajstić information content (AvgIpc) is 2.75. The Kier molecular flexibility index (Phi) is 4.59. The number of benzene rings is 1. The predicted octanol–water partition coefficient (Wildman–Crippen LogP) is 4.24. The largest absolute Gasteiger partial charge is 0.493 e. The molecule has 0 spiro atoms. The van der Waals surface area contributed by atoms with Crippen molar-refractivity contribution in [3.63, 3.8) is 0 Å². The lowest BCUT2D eigenvalue weighted by molar-refractivity contribution is 0.0149. The van der Waals surface area contributed by atoms with Crippen LogP contribution in [0.15, 0.2) is 24.8 Å². The summed E-state index contributed by atoms with van der Waals surface area (Å²) < 4.78 is 16.3. The first kappa shape index (κ1) is 17.2. The van der Waals surface area contributed by atoms with Gasteiger partial charge in [0, 0.05) is 0 Å². The molecule has 1 heterocycles. The number of hydrogen-bond acceptors (Lipinski definition) is 4. The topological polar surface area (TPSA) is 48.0 Å². The van der Waals surface area contributed by atoms with Crippen molar-refractivity contribution >= 4 is 6.09 Å². The summed E-state index contributed by atoms with van der Waals surface area (Å²) in [6.45, 7) is 11.4. The van der Waals surface area contributed by atoms with Crippen LogP contribution in [0.1, 0.15) is 50.9 Å². The van der Waals surface area contributed by atoms with Crippen LogP contribution in [0.25, 0.3) is 0 Å². The summed E-state index contributed by atoms with van der Waals surface area (Å²) >= 11 is 0. The summed E-state index contributed by atoms with van der Waals surface area (Å²) in [5.74, 6) is 1.28. The highest BCUT2D eigenvalue weighted by molar-refractivity contribution is 5.72. The van der Waals surface area contributed by atoms with Crippen molar-refractivity contribution in [2.75, 3.05) is 14.2 Å². The molecule has 0 saturated carbocycles. The molecule has 0 N–H and O–H groups in total. The van der Waals surface area contributed by atoms with Gasteiger partial charge in [-0.2, -0.15) is 0 Å². The van der Waals surface area contributed by atoms with E-state index in [1.54, 1.807) is 25.2 Å². The van der Waals surface area contributed by atoms with Crippen LogP contribution in [0.2, 0.25) is 0 Å². The summed E-state index contributed by atoms with van der Waals surface area (Å²) in [4.78, 5) is 14.3. The molecule has 0 saturated heterocycles. The fraction of sp³-hybridized carbons (Fsp3) is 0.500. The number of hydrogen-bond donors (Lipinski definition) is 0. The van der Waals surface area contributed by atoms with Gasteiger partial charge in [0.05, 0.1) is 26.3 Å². The zero-order valence-electron chi connectivity index (χ0n) is 14.7. The van der Waals surface area contributed by atoms with Gasteiger partial charge in [-0.1, -0.05) is 6.08 Å². The van der Waals surface area contributed by atoms with Crippen LogP contribution in [0.5, 0.6) is 11.5 Å². The molecular formula is C18H25NO4. The third kappa shape index (κ3) is 3.14. The van der Waals surface area contributed by atoms with E-state index in [0.717, 1.165) is 11.1 Å². The number of nitrogens with zero attached hydrogens (tertiary/aromatic N) is 1. The van der Waals surface area contributed by atoms with E-state index in [0.29, 0.717) is 11.5 Å². The number of carbonyl (C=O) groups excluding carboxylic acids is 1. The minimum atomic E-state index is -0.549. The van der Waals surface area contributed by atoms with Gasteiger partial charge in [-0.05, 0) is 51.0 Å². The van der Waals surface area contributed by atoms with Gasteiger partial charge in [0.15, 0.2) is 11.5 Å². The average molecular weight is 319 g/mol. The van der Waals surface area contributed by atoms with Crippen LogP contribution in [-0.4, -0.2) is 30.8 Å². The lowest BCUT2D eigenvalue weighted by Gasteiger charge is -2.30. The molecule has 0 fully saturated rings. The van der Waals surface area contributed by atoms with E-state index in [4.69, 9.17) is 14.2 Å². The van der Waals surface area contributed by atoms with Gasteiger partial charge in [-0.25, -0.2) is 4.79 Å². The Hall–Kier alpha value is -2.17. The normalized spacial score (nSPS) is 20.0. The van der Waals surface area contributed by atoms with Gasteiger partial charge >= 0.3 is 6.09 Å². The van der Waals surface area contributed by atoms with Gasteiger partial charge in [0.25, 0.3) is 0 Å². The van der Waals surface area contributed by atoms with E-state index in [1.807, 2.05) is 39.8 Å². The smallest absolute Gasteiger partial charge is 0.411 e. The Bertz CT molecular complexity index is 618. The van der Waals surface area contributed by atoms with Crippen LogP contribution in [0.3, 0.4) is 0 Å². The van der Waals surface area contributed by atoms with Crippen molar-refractivity contribution in [1.82, 2.24) is 4.90 Å². The highest BCUT2D eigenvalue weighted by Gasteiger charge is 2.40. The van der Waals surface area contributed by atoms with Gasteiger partial charge in [-0.3, -0.25) is 4.90 Å². The van der Waals surface area contributed by atoms with Crippen LogP contribution < -0.4 is 9.47 Å². The first-order valence-electron chi connectivity index (χ1n) is 7.63. The molecular weight excluding hydrogens is 294 g/mol. The predicted molar refractivity (Wildman–Crippen MR) is 89.0 cm³/mol. The number of carbonyl (C=O) groups is 1. The first-order chi connectivity index (χ1) is 10.7. The van der Waals surface area contributed by atoms with Gasteiger partial charge in [0.2, 0.25) is 0 Å². The molecule has 2 unspecified atom stereocenters. The highest BCUT2D eigenvalue weighted by Crippen LogP contribution is 2.47. The van der Waals surface area contributed by atoms with Crippen LogP contribution in [0.4, 0.5) is 4.79 Å². The van der Waals surface area contributed by atoms with E-state index in [9.17, 15) is 4.79 Å². The van der Waals surface area contributed by atoms with Crippen LogP contribution >= 0.6 is 0 Å². The van der Waals surface area contributed by atoms with E-state index >= 15 is 0 Å². The van der Waals surface area contributed by atoms with Crippen LogP contribution in [-0.2, 0) is 4.74 Å². The molecule has 0 bridgehead atoms. The molecule has 1 aromatic carbocycles. The van der Waals surface area contributed by atoms with E-state index in [2.05, 4.69) is 6.58 Å². The summed E-state index contributed by atoms with van der Waals surface area (Å²) in [7, 11) is 3.19. The van der Waals surface area contributed by atoms with Crippen molar-refractivity contribution in [3.05, 3.63) is 35.9 Å². The van der Waals surface area contributed by atoms with Gasteiger partial charge < -0.3 is 14.2 Å². The fourth-order valence-electron chi connectivity index (χ4n) is 2.90. The summed E-state index contributed by atoms with van der Waals surface area (Å²) in [6, 6.07) is 3.43. The molecule has 126 valence electrons. The molecule has 5 nitrogen and oxygen atoms in total. The second-order valence-electron chi connectivity index (χ2n) is 6.58. The third-order valence-corrected chi connectivity index (χ3v) is 3.90. The van der Waals surface area contributed by atoms with Crippen molar-refractivity contribution in [2.24, 2.45) is 0 Å². The molecule has 1 aliphatic rings. The molecule has 1 aliphatic heterocycles. The minimum Gasteiger partial charge on any atom is -0.493 e. The summed E-state index contributed by atoms with van der Waals surface area (Å²) in [6.07, 6.45) is 1.39. The standard InChI is InChI=1S/C18H25NO4/c1-8-14-13-10-16(22-7)15(21-6)9-12(13)11(2)19(14)17(20)23-18(3,4)5/h8-11,14H,1H2,2-7H3. The lowest BCUT2D eigenvalue weighted by atomic mass is 10.0. The number of methoxy groups -OCH3 is 2. The minimum absolute atomic E-state index is 0.136. The SMILES string of the molecule is C=CC1c2cc(OC)c(OC)cc2C(C)N1C(=O)OC(C)(C)C. The maximum atomic E-state index is 12.6. The number of ether oxygens (including phenoxy) is 3. The Morgan fingerprint density at radius 3 is 2.13 bits per heavy atom. The zero-order valence-corrected chi connectivity index (χ0v) is 14.7. The van der Waals surface area contributed by atoms with E-state index < -0.39 is 5.60 Å². The molecule has 1 aromatic rings. The number of fused-ring (bicyclic) bond motifs is 1.